The summed E-state index contributed by atoms with van der Waals surface area (Å²) in [7, 11) is -3.67. The van der Waals surface area contributed by atoms with Gasteiger partial charge in [-0.15, -0.1) is 0 Å². The maximum absolute atomic E-state index is 12.9. The van der Waals surface area contributed by atoms with Crippen molar-refractivity contribution in [2.75, 3.05) is 13.2 Å². The summed E-state index contributed by atoms with van der Waals surface area (Å²) in [6, 6.07) is 5.19. The normalized spacial score (nSPS) is 13.3. The van der Waals surface area contributed by atoms with Gasteiger partial charge in [0.2, 0.25) is 0 Å². The average Bonchev–Trinajstić information content (AvgIpc) is 2.48. The molecule has 6 heteroatoms. The highest BCUT2D eigenvalue weighted by molar-refractivity contribution is 7.54. The van der Waals surface area contributed by atoms with E-state index in [-0.39, 0.29) is 13.2 Å². The van der Waals surface area contributed by atoms with Crippen molar-refractivity contribution in [2.45, 2.75) is 45.4 Å². The van der Waals surface area contributed by atoms with Crippen LogP contribution in [-0.2, 0) is 13.6 Å². The molecule has 0 radical (unpaired) electrons. The van der Waals surface area contributed by atoms with Crippen LogP contribution >= 0.6 is 7.60 Å². The largest absolute Gasteiger partial charge is 0.376 e. The molecule has 4 nitrogen and oxygen atoms in total. The minimum atomic E-state index is -3.67. The summed E-state index contributed by atoms with van der Waals surface area (Å²) in [5.41, 5.74) is 0.327. The van der Waals surface area contributed by atoms with Crippen LogP contribution in [0.5, 0.6) is 0 Å². The van der Waals surface area contributed by atoms with E-state index in [1.807, 2.05) is 13.8 Å². The topological polar surface area (TPSA) is 55.8 Å². The molecule has 1 aromatic carbocycles. The molecule has 120 valence electrons. The number of aliphatic hydroxyl groups excluding tert-OH is 1. The molecule has 0 aliphatic carbocycles. The van der Waals surface area contributed by atoms with Crippen LogP contribution in [0, 0.1) is 5.82 Å². The Morgan fingerprint density at radius 1 is 1.10 bits per heavy atom. The van der Waals surface area contributed by atoms with Gasteiger partial charge >= 0.3 is 7.60 Å². The first-order valence-corrected chi connectivity index (χ1v) is 8.97. The summed E-state index contributed by atoms with van der Waals surface area (Å²) in [5, 5.41) is 10.3. The van der Waals surface area contributed by atoms with Crippen LogP contribution in [0.2, 0.25) is 0 Å². The number of halogens is 1. The van der Waals surface area contributed by atoms with E-state index in [0.29, 0.717) is 5.56 Å². The van der Waals surface area contributed by atoms with Crippen molar-refractivity contribution in [2.24, 2.45) is 0 Å². The third-order valence-electron chi connectivity index (χ3n) is 3.01. The highest BCUT2D eigenvalue weighted by Crippen LogP contribution is 2.59. The number of rotatable bonds is 10. The van der Waals surface area contributed by atoms with Gasteiger partial charge in [-0.05, 0) is 30.5 Å². The molecule has 0 heterocycles. The van der Waals surface area contributed by atoms with Crippen LogP contribution < -0.4 is 0 Å². The van der Waals surface area contributed by atoms with Gasteiger partial charge in [0, 0.05) is 0 Å². The average molecular weight is 318 g/mol. The first-order chi connectivity index (χ1) is 10.0. The maximum Gasteiger partial charge on any atom is 0.363 e. The van der Waals surface area contributed by atoms with E-state index >= 15 is 0 Å². The Hall–Kier alpha value is -0.740. The Balaban J connectivity index is 2.82. The first kappa shape index (κ1) is 18.3. The highest BCUT2D eigenvalue weighted by atomic mass is 31.2. The Morgan fingerprint density at radius 2 is 1.57 bits per heavy atom. The Morgan fingerprint density at radius 3 is 2.00 bits per heavy atom. The van der Waals surface area contributed by atoms with Gasteiger partial charge in [-0.3, -0.25) is 4.57 Å². The van der Waals surface area contributed by atoms with Crippen LogP contribution in [0.4, 0.5) is 4.39 Å². The molecule has 1 atom stereocenters. The minimum Gasteiger partial charge on any atom is -0.376 e. The van der Waals surface area contributed by atoms with Crippen LogP contribution in [0.1, 0.15) is 50.9 Å². The Kier molecular flexibility index (Phi) is 8.12. The molecule has 0 saturated heterocycles. The second kappa shape index (κ2) is 9.31. The van der Waals surface area contributed by atoms with Gasteiger partial charge in [-0.25, -0.2) is 4.39 Å². The Labute approximate surface area is 125 Å². The summed E-state index contributed by atoms with van der Waals surface area (Å²) in [6.45, 7) is 4.50. The quantitative estimate of drug-likeness (QED) is 0.504. The van der Waals surface area contributed by atoms with Crippen molar-refractivity contribution < 1.29 is 23.1 Å². The number of benzene rings is 1. The van der Waals surface area contributed by atoms with Gasteiger partial charge in [0.1, 0.15) is 5.82 Å². The van der Waals surface area contributed by atoms with Crippen LogP contribution in [-0.4, -0.2) is 18.3 Å². The smallest absolute Gasteiger partial charge is 0.363 e. The fourth-order valence-electron chi connectivity index (χ4n) is 1.67. The molecule has 0 fully saturated rings. The molecule has 0 spiro atoms. The second-order valence-electron chi connectivity index (χ2n) is 4.84. The van der Waals surface area contributed by atoms with E-state index in [1.54, 1.807) is 0 Å². The van der Waals surface area contributed by atoms with Gasteiger partial charge in [-0.2, -0.15) is 0 Å². The number of aliphatic hydroxyl groups is 1. The van der Waals surface area contributed by atoms with Crippen LogP contribution in [0.3, 0.4) is 0 Å². The molecule has 0 aromatic heterocycles. The van der Waals surface area contributed by atoms with Gasteiger partial charge in [0.15, 0.2) is 5.85 Å². The molecule has 0 amide bonds. The third-order valence-corrected chi connectivity index (χ3v) is 4.99. The van der Waals surface area contributed by atoms with E-state index in [2.05, 4.69) is 0 Å². The van der Waals surface area contributed by atoms with E-state index in [0.717, 1.165) is 25.7 Å². The van der Waals surface area contributed by atoms with Crippen molar-refractivity contribution in [3.63, 3.8) is 0 Å². The fraction of sp³-hybridized carbons (Fsp3) is 0.600. The van der Waals surface area contributed by atoms with Gasteiger partial charge in [-0.1, -0.05) is 38.8 Å². The fourth-order valence-corrected chi connectivity index (χ4v) is 3.33. The lowest BCUT2D eigenvalue weighted by Gasteiger charge is -2.23. The minimum absolute atomic E-state index is 0.262. The molecular formula is C15H24FO4P. The summed E-state index contributed by atoms with van der Waals surface area (Å²) in [5.74, 6) is -1.81. The van der Waals surface area contributed by atoms with Crippen molar-refractivity contribution >= 4 is 7.60 Å². The van der Waals surface area contributed by atoms with E-state index in [9.17, 15) is 14.1 Å². The van der Waals surface area contributed by atoms with Gasteiger partial charge in [0.05, 0.1) is 13.2 Å². The predicted octanol–water partition coefficient (Wildman–Crippen LogP) is 4.64. The van der Waals surface area contributed by atoms with E-state index < -0.39 is 19.3 Å². The highest BCUT2D eigenvalue weighted by Gasteiger charge is 2.35. The molecule has 0 aliphatic rings. The molecule has 0 aliphatic heterocycles. The molecule has 1 rings (SSSR count). The molecule has 0 saturated carbocycles. The zero-order valence-corrected chi connectivity index (χ0v) is 13.5. The molecular weight excluding hydrogens is 294 g/mol. The SMILES string of the molecule is CCCCOP(=O)(OCCCC)[C@H](O)c1ccc(F)cc1. The lowest BCUT2D eigenvalue weighted by Crippen LogP contribution is -2.08. The summed E-state index contributed by atoms with van der Waals surface area (Å²) in [4.78, 5) is 0. The summed E-state index contributed by atoms with van der Waals surface area (Å²) >= 11 is 0. The summed E-state index contributed by atoms with van der Waals surface area (Å²) < 4.78 is 36.4. The van der Waals surface area contributed by atoms with Crippen molar-refractivity contribution in [3.05, 3.63) is 35.6 Å². The van der Waals surface area contributed by atoms with Crippen LogP contribution in [0.25, 0.3) is 0 Å². The van der Waals surface area contributed by atoms with Crippen LogP contribution in [0.15, 0.2) is 24.3 Å². The number of hydrogen-bond donors (Lipinski definition) is 1. The number of hydrogen-bond acceptors (Lipinski definition) is 4. The van der Waals surface area contributed by atoms with Gasteiger partial charge in [0.25, 0.3) is 0 Å². The van der Waals surface area contributed by atoms with Crippen molar-refractivity contribution in [3.8, 4) is 0 Å². The molecule has 0 unspecified atom stereocenters. The number of unbranched alkanes of at least 4 members (excludes halogenated alkanes) is 2. The van der Waals surface area contributed by atoms with Crippen molar-refractivity contribution in [1.82, 2.24) is 0 Å². The zero-order chi connectivity index (χ0) is 15.7. The lowest BCUT2D eigenvalue weighted by molar-refractivity contribution is 0.139. The molecule has 1 aromatic rings. The summed E-state index contributed by atoms with van der Waals surface area (Å²) in [6.07, 6.45) is 3.25. The monoisotopic (exact) mass is 318 g/mol. The second-order valence-corrected chi connectivity index (χ2v) is 6.92. The van der Waals surface area contributed by atoms with Gasteiger partial charge < -0.3 is 14.2 Å². The van der Waals surface area contributed by atoms with E-state index in [1.165, 1.54) is 24.3 Å². The molecule has 0 bridgehead atoms. The zero-order valence-electron chi connectivity index (χ0n) is 12.6. The van der Waals surface area contributed by atoms with Crippen molar-refractivity contribution in [1.29, 1.82) is 0 Å². The predicted molar refractivity (Wildman–Crippen MR) is 80.7 cm³/mol. The maximum atomic E-state index is 12.9. The molecule has 21 heavy (non-hydrogen) atoms. The Bertz CT molecular complexity index is 435. The third kappa shape index (κ3) is 5.87. The first-order valence-electron chi connectivity index (χ1n) is 7.35. The molecule has 1 N–H and O–H groups in total. The lowest BCUT2D eigenvalue weighted by atomic mass is 10.2. The standard InChI is InChI=1S/C15H24FO4P/c1-3-5-11-19-21(18,20-12-6-4-2)15(17)13-7-9-14(16)10-8-13/h7-10,15,17H,3-6,11-12H2,1-2H3/t15-/m0/s1. The van der Waals surface area contributed by atoms with E-state index in [4.69, 9.17) is 9.05 Å².